The van der Waals surface area contributed by atoms with E-state index in [1.807, 2.05) is 18.2 Å². The number of hydrogen-bond acceptors (Lipinski definition) is 4. The fourth-order valence-electron chi connectivity index (χ4n) is 3.65. The zero-order valence-electron chi connectivity index (χ0n) is 16.4. The molecule has 0 bridgehead atoms. The lowest BCUT2D eigenvalue weighted by Crippen LogP contribution is -2.29. The number of thiophene rings is 1. The second-order valence-electron chi connectivity index (χ2n) is 7.30. The summed E-state index contributed by atoms with van der Waals surface area (Å²) in [5.74, 6) is -0.665. The molecule has 0 fully saturated rings. The van der Waals surface area contributed by atoms with Crippen LogP contribution in [0, 0.1) is 11.3 Å². The summed E-state index contributed by atoms with van der Waals surface area (Å²) in [7, 11) is 0. The molecule has 0 atom stereocenters. The number of benzene rings is 2. The number of carbonyl (C=O) groups excluding carboxylic acids is 1. The normalized spacial score (nSPS) is 14.0. The maximum Gasteiger partial charge on any atom is 0.416 e. The number of fused-ring (bicyclic) bond motifs is 1. The Bertz CT molecular complexity index is 1150. The molecule has 0 spiro atoms. The van der Waals surface area contributed by atoms with Crippen LogP contribution in [0.5, 0.6) is 0 Å². The number of halogens is 3. The van der Waals surface area contributed by atoms with E-state index in [0.717, 1.165) is 35.7 Å². The van der Waals surface area contributed by atoms with Gasteiger partial charge in [-0.3, -0.25) is 9.69 Å². The molecule has 3 aromatic rings. The van der Waals surface area contributed by atoms with Gasteiger partial charge in [-0.1, -0.05) is 36.4 Å². The van der Waals surface area contributed by atoms with Crippen molar-refractivity contribution in [2.24, 2.45) is 0 Å². The maximum atomic E-state index is 12.9. The molecular weight excluding hydrogens is 423 g/mol. The van der Waals surface area contributed by atoms with Gasteiger partial charge in [0.15, 0.2) is 0 Å². The van der Waals surface area contributed by atoms with Gasteiger partial charge in [-0.2, -0.15) is 18.4 Å². The predicted molar refractivity (Wildman–Crippen MR) is 113 cm³/mol. The molecule has 0 unspecified atom stereocenters. The third-order valence-corrected chi connectivity index (χ3v) is 6.31. The van der Waals surface area contributed by atoms with Crippen LogP contribution < -0.4 is 5.32 Å². The van der Waals surface area contributed by atoms with Crippen molar-refractivity contribution < 1.29 is 18.0 Å². The number of rotatable bonds is 4. The number of amides is 1. The van der Waals surface area contributed by atoms with Crippen molar-refractivity contribution >= 4 is 22.2 Å². The first-order valence-electron chi connectivity index (χ1n) is 9.64. The predicted octanol–water partition coefficient (Wildman–Crippen LogP) is 5.45. The van der Waals surface area contributed by atoms with Crippen molar-refractivity contribution in [2.75, 3.05) is 11.9 Å². The summed E-state index contributed by atoms with van der Waals surface area (Å²) < 4.78 is 38.8. The fourth-order valence-corrected chi connectivity index (χ4v) is 4.89. The van der Waals surface area contributed by atoms with Gasteiger partial charge >= 0.3 is 6.18 Å². The summed E-state index contributed by atoms with van der Waals surface area (Å²) in [6.07, 6.45) is -3.85. The third kappa shape index (κ3) is 4.63. The summed E-state index contributed by atoms with van der Waals surface area (Å²) in [4.78, 5) is 15.9. The highest BCUT2D eigenvalue weighted by atomic mass is 32.1. The number of carbonyl (C=O) groups is 1. The van der Waals surface area contributed by atoms with Gasteiger partial charge in [0.2, 0.25) is 0 Å². The Morgan fingerprint density at radius 3 is 2.65 bits per heavy atom. The zero-order chi connectivity index (χ0) is 22.0. The van der Waals surface area contributed by atoms with Gasteiger partial charge in [0.05, 0.1) is 11.1 Å². The monoisotopic (exact) mass is 441 g/mol. The van der Waals surface area contributed by atoms with Crippen LogP contribution >= 0.6 is 11.3 Å². The van der Waals surface area contributed by atoms with E-state index in [1.54, 1.807) is 0 Å². The van der Waals surface area contributed by atoms with Gasteiger partial charge in [0.1, 0.15) is 11.1 Å². The maximum absolute atomic E-state index is 12.9. The molecule has 1 aliphatic rings. The van der Waals surface area contributed by atoms with Crippen molar-refractivity contribution in [1.29, 1.82) is 5.26 Å². The molecule has 0 radical (unpaired) electrons. The van der Waals surface area contributed by atoms with Crippen LogP contribution in [0.4, 0.5) is 18.2 Å². The molecule has 0 saturated carbocycles. The molecule has 1 aromatic heterocycles. The lowest BCUT2D eigenvalue weighted by atomic mass is 10.0. The quantitative estimate of drug-likeness (QED) is 0.586. The van der Waals surface area contributed by atoms with Crippen molar-refractivity contribution in [3.8, 4) is 6.07 Å². The Labute approximate surface area is 181 Å². The zero-order valence-corrected chi connectivity index (χ0v) is 17.2. The Morgan fingerprint density at radius 2 is 1.94 bits per heavy atom. The van der Waals surface area contributed by atoms with Gasteiger partial charge in [0, 0.05) is 30.1 Å². The van der Waals surface area contributed by atoms with E-state index in [-0.39, 0.29) is 5.56 Å². The molecule has 2 heterocycles. The van der Waals surface area contributed by atoms with E-state index >= 15 is 0 Å². The molecule has 0 aliphatic carbocycles. The van der Waals surface area contributed by atoms with E-state index in [1.165, 1.54) is 29.0 Å². The minimum Gasteiger partial charge on any atom is -0.312 e. The Morgan fingerprint density at radius 1 is 1.16 bits per heavy atom. The molecule has 8 heteroatoms. The fraction of sp³-hybridized carbons (Fsp3) is 0.217. The van der Waals surface area contributed by atoms with Crippen molar-refractivity contribution in [3.63, 3.8) is 0 Å². The van der Waals surface area contributed by atoms with Crippen molar-refractivity contribution in [1.82, 2.24) is 4.90 Å². The first-order valence-corrected chi connectivity index (χ1v) is 10.5. The molecule has 158 valence electrons. The molecule has 4 nitrogen and oxygen atoms in total. The molecule has 1 amide bonds. The minimum atomic E-state index is -4.53. The Balaban J connectivity index is 1.53. The van der Waals surface area contributed by atoms with Crippen molar-refractivity contribution in [2.45, 2.75) is 25.7 Å². The lowest BCUT2D eigenvalue weighted by Gasteiger charge is -2.26. The number of nitrogens with one attached hydrogen (secondary N) is 1. The lowest BCUT2D eigenvalue weighted by molar-refractivity contribution is -0.137. The first-order chi connectivity index (χ1) is 14.8. The third-order valence-electron chi connectivity index (χ3n) is 5.18. The molecule has 1 aliphatic heterocycles. The van der Waals surface area contributed by atoms with Crippen LogP contribution in [0.15, 0.2) is 54.6 Å². The second-order valence-corrected chi connectivity index (χ2v) is 8.40. The number of alkyl halides is 3. The van der Waals surface area contributed by atoms with Crippen LogP contribution in [-0.2, 0) is 25.7 Å². The molecular formula is C23H18F3N3OS. The van der Waals surface area contributed by atoms with Crippen LogP contribution in [0.2, 0.25) is 0 Å². The smallest absolute Gasteiger partial charge is 0.312 e. The van der Waals surface area contributed by atoms with E-state index in [9.17, 15) is 23.2 Å². The second kappa shape index (κ2) is 8.53. The SMILES string of the molecule is N#Cc1c(NC(=O)c2cccc(C(F)(F)F)c2)sc2c1CCN(Cc1ccccc1)C2. The first kappa shape index (κ1) is 21.1. The number of anilines is 1. The molecule has 1 N–H and O–H groups in total. The standard InChI is InChI=1S/C23H18F3N3OS/c24-23(25,26)17-8-4-7-16(11-17)21(30)28-22-19(12-27)18-9-10-29(14-20(18)31-22)13-15-5-2-1-3-6-15/h1-8,11H,9-10,13-14H2,(H,28,30). The average molecular weight is 441 g/mol. The highest BCUT2D eigenvalue weighted by Crippen LogP contribution is 2.37. The Kier molecular flexibility index (Phi) is 5.81. The average Bonchev–Trinajstić information content (AvgIpc) is 3.10. The summed E-state index contributed by atoms with van der Waals surface area (Å²) in [5, 5.41) is 12.7. The van der Waals surface area contributed by atoms with Crippen LogP contribution in [-0.4, -0.2) is 17.4 Å². The highest BCUT2D eigenvalue weighted by Gasteiger charge is 2.31. The summed E-state index contributed by atoms with van der Waals surface area (Å²) in [6, 6.07) is 16.5. The number of nitrogens with zero attached hydrogens (tertiary/aromatic N) is 2. The van der Waals surface area contributed by atoms with Crippen molar-refractivity contribution in [3.05, 3.63) is 87.3 Å². The summed E-state index contributed by atoms with van der Waals surface area (Å²) in [5.41, 5.74) is 1.52. The van der Waals surface area contributed by atoms with Gasteiger partial charge in [-0.15, -0.1) is 11.3 Å². The molecule has 0 saturated heterocycles. The van der Waals surface area contributed by atoms with Gasteiger partial charge in [0.25, 0.3) is 5.91 Å². The molecule has 31 heavy (non-hydrogen) atoms. The summed E-state index contributed by atoms with van der Waals surface area (Å²) >= 11 is 1.32. The van der Waals surface area contributed by atoms with Crippen LogP contribution in [0.25, 0.3) is 0 Å². The topological polar surface area (TPSA) is 56.1 Å². The van der Waals surface area contributed by atoms with Gasteiger partial charge in [-0.25, -0.2) is 0 Å². The Hall–Kier alpha value is -3.15. The van der Waals surface area contributed by atoms with E-state index < -0.39 is 17.6 Å². The number of hydrogen-bond donors (Lipinski definition) is 1. The van der Waals surface area contributed by atoms with E-state index in [0.29, 0.717) is 23.5 Å². The van der Waals surface area contributed by atoms with E-state index in [4.69, 9.17) is 0 Å². The minimum absolute atomic E-state index is 0.101. The largest absolute Gasteiger partial charge is 0.416 e. The highest BCUT2D eigenvalue weighted by molar-refractivity contribution is 7.16. The van der Waals surface area contributed by atoms with Crippen LogP contribution in [0.1, 0.15) is 37.5 Å². The summed E-state index contributed by atoms with van der Waals surface area (Å²) in [6.45, 7) is 2.23. The van der Waals surface area contributed by atoms with Crippen LogP contribution in [0.3, 0.4) is 0 Å². The van der Waals surface area contributed by atoms with E-state index in [2.05, 4.69) is 28.4 Å². The number of nitriles is 1. The van der Waals surface area contributed by atoms with Gasteiger partial charge in [-0.05, 0) is 35.7 Å². The molecule has 4 rings (SSSR count). The molecule has 2 aromatic carbocycles. The van der Waals surface area contributed by atoms with Gasteiger partial charge < -0.3 is 5.32 Å².